The largest absolute Gasteiger partial charge is 0.491 e. The fourth-order valence-corrected chi connectivity index (χ4v) is 1.67. The molecule has 1 aromatic carbocycles. The van der Waals surface area contributed by atoms with Crippen LogP contribution in [0.2, 0.25) is 0 Å². The van der Waals surface area contributed by atoms with Crippen LogP contribution in [0.1, 0.15) is 12.5 Å². The first-order chi connectivity index (χ1) is 8.67. The molecule has 18 heavy (non-hydrogen) atoms. The molecule has 3 heteroatoms. The smallest absolute Gasteiger partial charge is 0.123 e. The predicted molar refractivity (Wildman–Crippen MR) is 72.5 cm³/mol. The second-order valence-corrected chi connectivity index (χ2v) is 4.35. The molecule has 98 valence electrons. The van der Waals surface area contributed by atoms with Crippen molar-refractivity contribution in [3.8, 4) is 18.1 Å². The summed E-state index contributed by atoms with van der Waals surface area (Å²) < 4.78 is 17.1. The minimum absolute atomic E-state index is 0.112. The first-order valence-corrected chi connectivity index (χ1v) is 6.08. The molecule has 1 aromatic rings. The first kappa shape index (κ1) is 14.5. The molecule has 0 amide bonds. The zero-order valence-corrected chi connectivity index (χ0v) is 11.0. The summed E-state index contributed by atoms with van der Waals surface area (Å²) in [5.41, 5.74) is 1.22. The Kier molecular flexibility index (Phi) is 6.24. The van der Waals surface area contributed by atoms with Crippen molar-refractivity contribution >= 4 is 0 Å². The van der Waals surface area contributed by atoms with Gasteiger partial charge in [0.25, 0.3) is 0 Å². The molecule has 2 nitrogen and oxygen atoms in total. The molecule has 0 fully saturated rings. The molecule has 0 bridgehead atoms. The maximum atomic E-state index is 11.9. The fourth-order valence-electron chi connectivity index (χ4n) is 1.67. The lowest BCUT2D eigenvalue weighted by atomic mass is 10.1. The highest BCUT2D eigenvalue weighted by Gasteiger charge is 2.08. The number of likely N-dealkylation sites (N-methyl/N-ethyl adjacent to an activating group) is 1. The highest BCUT2D eigenvalue weighted by atomic mass is 19.1. The second kappa shape index (κ2) is 7.73. The van der Waals surface area contributed by atoms with Crippen molar-refractivity contribution in [1.82, 2.24) is 4.90 Å². The summed E-state index contributed by atoms with van der Waals surface area (Å²) in [5.74, 6) is 3.35. The maximum absolute atomic E-state index is 11.9. The second-order valence-electron chi connectivity index (χ2n) is 4.35. The van der Waals surface area contributed by atoms with Crippen LogP contribution >= 0.6 is 0 Å². The topological polar surface area (TPSA) is 12.5 Å². The SMILES string of the molecule is C#CCN(C)[C@H](C)Cc1ccc(OCCF)cc1. The summed E-state index contributed by atoms with van der Waals surface area (Å²) >= 11 is 0. The van der Waals surface area contributed by atoms with Crippen LogP contribution in [0, 0.1) is 12.3 Å². The third kappa shape index (κ3) is 4.77. The summed E-state index contributed by atoms with van der Waals surface area (Å²) in [5, 5.41) is 0. The monoisotopic (exact) mass is 249 g/mol. The van der Waals surface area contributed by atoms with E-state index in [1.54, 1.807) is 0 Å². The van der Waals surface area contributed by atoms with E-state index in [9.17, 15) is 4.39 Å². The average molecular weight is 249 g/mol. The van der Waals surface area contributed by atoms with Gasteiger partial charge in [-0.1, -0.05) is 18.1 Å². The van der Waals surface area contributed by atoms with E-state index in [-0.39, 0.29) is 6.61 Å². The number of benzene rings is 1. The van der Waals surface area contributed by atoms with E-state index in [0.29, 0.717) is 18.3 Å². The number of alkyl halides is 1. The number of nitrogens with zero attached hydrogens (tertiary/aromatic N) is 1. The number of hydrogen-bond acceptors (Lipinski definition) is 2. The van der Waals surface area contributed by atoms with Gasteiger partial charge < -0.3 is 4.74 Å². The van der Waals surface area contributed by atoms with Crippen molar-refractivity contribution in [2.75, 3.05) is 26.9 Å². The Bertz CT molecular complexity index is 382. The van der Waals surface area contributed by atoms with Crippen LogP contribution < -0.4 is 4.74 Å². The lowest BCUT2D eigenvalue weighted by Gasteiger charge is -2.22. The average Bonchev–Trinajstić information content (AvgIpc) is 2.38. The fraction of sp³-hybridized carbons (Fsp3) is 0.467. The Hall–Kier alpha value is -1.53. The molecule has 0 aromatic heterocycles. The summed E-state index contributed by atoms with van der Waals surface area (Å²) in [7, 11) is 2.02. The van der Waals surface area contributed by atoms with Gasteiger partial charge in [-0.2, -0.15) is 0 Å². The zero-order chi connectivity index (χ0) is 13.4. The molecule has 0 unspecified atom stereocenters. The standard InChI is InChI=1S/C15H20FNO/c1-4-10-17(3)13(2)12-14-5-7-15(8-6-14)18-11-9-16/h1,5-8,13H,9-12H2,2-3H3/t13-/m1/s1. The minimum Gasteiger partial charge on any atom is -0.491 e. The molecule has 0 radical (unpaired) electrons. The van der Waals surface area contributed by atoms with Crippen LogP contribution in [-0.2, 0) is 6.42 Å². The van der Waals surface area contributed by atoms with Gasteiger partial charge in [0, 0.05) is 6.04 Å². The van der Waals surface area contributed by atoms with Gasteiger partial charge in [0.1, 0.15) is 19.0 Å². The number of terminal acetylenes is 1. The van der Waals surface area contributed by atoms with Crippen LogP contribution in [0.3, 0.4) is 0 Å². The predicted octanol–water partition coefficient (Wildman–Crippen LogP) is 2.53. The van der Waals surface area contributed by atoms with Crippen LogP contribution in [-0.4, -0.2) is 37.8 Å². The molecule has 0 N–H and O–H groups in total. The van der Waals surface area contributed by atoms with Gasteiger partial charge in [-0.05, 0) is 38.1 Å². The molecule has 1 rings (SSSR count). The van der Waals surface area contributed by atoms with Crippen molar-refractivity contribution in [2.45, 2.75) is 19.4 Å². The van der Waals surface area contributed by atoms with Gasteiger partial charge in [0.2, 0.25) is 0 Å². The quantitative estimate of drug-likeness (QED) is 0.689. The Labute approximate surface area is 109 Å². The van der Waals surface area contributed by atoms with E-state index in [1.807, 2.05) is 31.3 Å². The van der Waals surface area contributed by atoms with Crippen molar-refractivity contribution in [1.29, 1.82) is 0 Å². The third-order valence-corrected chi connectivity index (χ3v) is 2.89. The van der Waals surface area contributed by atoms with Crippen LogP contribution in [0.25, 0.3) is 0 Å². The van der Waals surface area contributed by atoms with Crippen LogP contribution in [0.4, 0.5) is 4.39 Å². The van der Waals surface area contributed by atoms with E-state index in [0.717, 1.165) is 6.42 Å². The molecule has 0 aliphatic rings. The number of halogens is 1. The van der Waals surface area contributed by atoms with E-state index in [1.165, 1.54) is 5.56 Å². The highest BCUT2D eigenvalue weighted by molar-refractivity contribution is 5.27. The van der Waals surface area contributed by atoms with Gasteiger partial charge in [0.05, 0.1) is 6.54 Å². The van der Waals surface area contributed by atoms with E-state index >= 15 is 0 Å². The van der Waals surface area contributed by atoms with Crippen molar-refractivity contribution < 1.29 is 9.13 Å². The minimum atomic E-state index is -0.463. The number of rotatable bonds is 7. The molecule has 0 aliphatic carbocycles. The van der Waals surface area contributed by atoms with Gasteiger partial charge in [0.15, 0.2) is 0 Å². The first-order valence-electron chi connectivity index (χ1n) is 6.08. The Morgan fingerprint density at radius 3 is 2.61 bits per heavy atom. The van der Waals surface area contributed by atoms with Crippen LogP contribution in [0.15, 0.2) is 24.3 Å². The lowest BCUT2D eigenvalue weighted by Crippen LogP contribution is -2.31. The van der Waals surface area contributed by atoms with E-state index in [2.05, 4.69) is 17.7 Å². The summed E-state index contributed by atoms with van der Waals surface area (Å²) in [6, 6.07) is 8.15. The van der Waals surface area contributed by atoms with Crippen molar-refractivity contribution in [3.63, 3.8) is 0 Å². The summed E-state index contributed by atoms with van der Waals surface area (Å²) in [4.78, 5) is 2.13. The maximum Gasteiger partial charge on any atom is 0.123 e. The van der Waals surface area contributed by atoms with Crippen molar-refractivity contribution in [3.05, 3.63) is 29.8 Å². The normalized spacial score (nSPS) is 12.2. The Morgan fingerprint density at radius 2 is 2.06 bits per heavy atom. The molecular formula is C15H20FNO. The molecule has 0 heterocycles. The molecule has 0 spiro atoms. The van der Waals surface area contributed by atoms with Gasteiger partial charge in [-0.15, -0.1) is 6.42 Å². The highest BCUT2D eigenvalue weighted by Crippen LogP contribution is 2.14. The Morgan fingerprint density at radius 1 is 1.39 bits per heavy atom. The number of hydrogen-bond donors (Lipinski definition) is 0. The Balaban J connectivity index is 2.50. The van der Waals surface area contributed by atoms with Gasteiger partial charge in [-0.25, -0.2) is 4.39 Å². The van der Waals surface area contributed by atoms with Crippen molar-refractivity contribution in [2.24, 2.45) is 0 Å². The van der Waals surface area contributed by atoms with Gasteiger partial charge >= 0.3 is 0 Å². The molecule has 0 saturated heterocycles. The molecule has 0 aliphatic heterocycles. The molecular weight excluding hydrogens is 229 g/mol. The summed E-state index contributed by atoms with van der Waals surface area (Å²) in [6.45, 7) is 2.44. The van der Waals surface area contributed by atoms with Gasteiger partial charge in [-0.3, -0.25) is 4.90 Å². The van der Waals surface area contributed by atoms with E-state index < -0.39 is 6.67 Å². The van der Waals surface area contributed by atoms with E-state index in [4.69, 9.17) is 11.2 Å². The lowest BCUT2D eigenvalue weighted by molar-refractivity contribution is 0.273. The van der Waals surface area contributed by atoms with Crippen LogP contribution in [0.5, 0.6) is 5.75 Å². The third-order valence-electron chi connectivity index (χ3n) is 2.89. The molecule has 0 saturated carbocycles. The zero-order valence-electron chi connectivity index (χ0n) is 11.0. The summed E-state index contributed by atoms with van der Waals surface area (Å²) in [6.07, 6.45) is 6.22. The number of ether oxygens (including phenoxy) is 1. The molecule has 1 atom stereocenters.